The topological polar surface area (TPSA) is 9.23 Å². The Morgan fingerprint density at radius 3 is 2.55 bits per heavy atom. The number of alkyl halides is 1. The summed E-state index contributed by atoms with van der Waals surface area (Å²) in [5.74, 6) is 2.38. The number of aryl methyl sites for hydroxylation is 1. The molecule has 0 saturated heterocycles. The fraction of sp³-hybridized carbons (Fsp3) is 0.333. The normalized spacial score (nSPS) is 12.2. The number of para-hydroxylation sites is 1. The minimum atomic E-state index is 0.508. The number of ether oxygens (including phenoxy) is 1. The van der Waals surface area contributed by atoms with Gasteiger partial charge >= 0.3 is 0 Å². The molecule has 2 aromatic rings. The molecule has 1 atom stereocenters. The van der Waals surface area contributed by atoms with Crippen LogP contribution < -0.4 is 4.74 Å². The van der Waals surface area contributed by atoms with E-state index in [9.17, 15) is 0 Å². The number of rotatable bonds is 5. The molecular formula is C18H21BrO. The highest BCUT2D eigenvalue weighted by Gasteiger charge is 2.10. The van der Waals surface area contributed by atoms with Gasteiger partial charge in [-0.25, -0.2) is 0 Å². The second-order valence-corrected chi connectivity index (χ2v) is 5.73. The van der Waals surface area contributed by atoms with Gasteiger partial charge in [-0.05, 0) is 54.2 Å². The SMILES string of the molecule is CCC(C)c1ccccc1Oc1ccc(CBr)c(C)c1. The first-order chi connectivity index (χ1) is 9.65. The summed E-state index contributed by atoms with van der Waals surface area (Å²) in [6.07, 6.45) is 1.11. The zero-order valence-electron chi connectivity index (χ0n) is 12.3. The summed E-state index contributed by atoms with van der Waals surface area (Å²) in [6.45, 7) is 6.56. The average Bonchev–Trinajstić information content (AvgIpc) is 2.47. The fourth-order valence-corrected chi connectivity index (χ4v) is 2.84. The van der Waals surface area contributed by atoms with Crippen molar-refractivity contribution in [1.82, 2.24) is 0 Å². The molecule has 1 unspecified atom stereocenters. The number of benzene rings is 2. The molecule has 0 bridgehead atoms. The van der Waals surface area contributed by atoms with Crippen LogP contribution in [0.4, 0.5) is 0 Å². The van der Waals surface area contributed by atoms with Gasteiger partial charge < -0.3 is 4.74 Å². The van der Waals surface area contributed by atoms with Crippen molar-refractivity contribution in [3.05, 3.63) is 59.2 Å². The van der Waals surface area contributed by atoms with Gasteiger partial charge in [0.15, 0.2) is 0 Å². The van der Waals surface area contributed by atoms with E-state index < -0.39 is 0 Å². The van der Waals surface area contributed by atoms with E-state index in [-0.39, 0.29) is 0 Å². The highest BCUT2D eigenvalue weighted by Crippen LogP contribution is 2.32. The summed E-state index contributed by atoms with van der Waals surface area (Å²) in [6, 6.07) is 14.6. The summed E-state index contributed by atoms with van der Waals surface area (Å²) in [4.78, 5) is 0. The highest BCUT2D eigenvalue weighted by molar-refractivity contribution is 9.08. The second kappa shape index (κ2) is 6.94. The van der Waals surface area contributed by atoms with Crippen molar-refractivity contribution in [2.45, 2.75) is 38.4 Å². The third-order valence-corrected chi connectivity index (χ3v) is 4.35. The molecule has 0 aliphatic carbocycles. The first-order valence-electron chi connectivity index (χ1n) is 7.08. The van der Waals surface area contributed by atoms with E-state index in [1.807, 2.05) is 12.1 Å². The number of hydrogen-bond donors (Lipinski definition) is 0. The Morgan fingerprint density at radius 1 is 1.15 bits per heavy atom. The van der Waals surface area contributed by atoms with Crippen LogP contribution in [0.5, 0.6) is 11.5 Å². The van der Waals surface area contributed by atoms with Crippen LogP contribution in [-0.2, 0) is 5.33 Å². The molecule has 2 aromatic carbocycles. The van der Waals surface area contributed by atoms with Crippen LogP contribution in [0.3, 0.4) is 0 Å². The Balaban J connectivity index is 2.28. The summed E-state index contributed by atoms with van der Waals surface area (Å²) in [7, 11) is 0. The maximum absolute atomic E-state index is 6.10. The zero-order valence-corrected chi connectivity index (χ0v) is 13.9. The van der Waals surface area contributed by atoms with Crippen molar-refractivity contribution in [2.75, 3.05) is 0 Å². The van der Waals surface area contributed by atoms with E-state index in [0.717, 1.165) is 23.2 Å². The quantitative estimate of drug-likeness (QED) is 0.592. The third-order valence-electron chi connectivity index (χ3n) is 3.75. The zero-order chi connectivity index (χ0) is 14.5. The van der Waals surface area contributed by atoms with Crippen LogP contribution >= 0.6 is 15.9 Å². The van der Waals surface area contributed by atoms with Crippen LogP contribution in [0.1, 0.15) is 42.9 Å². The number of halogens is 1. The molecule has 0 N–H and O–H groups in total. The van der Waals surface area contributed by atoms with E-state index in [1.54, 1.807) is 0 Å². The molecule has 20 heavy (non-hydrogen) atoms. The molecule has 0 amide bonds. The van der Waals surface area contributed by atoms with Crippen molar-refractivity contribution < 1.29 is 4.74 Å². The summed E-state index contributed by atoms with van der Waals surface area (Å²) in [5, 5.41) is 0.878. The van der Waals surface area contributed by atoms with Gasteiger partial charge in [0.1, 0.15) is 11.5 Å². The van der Waals surface area contributed by atoms with E-state index >= 15 is 0 Å². The standard InChI is InChI=1S/C18H21BrO/c1-4-13(2)17-7-5-6-8-18(17)20-16-10-9-15(12-19)14(3)11-16/h5-11,13H,4,12H2,1-3H3. The Kier molecular flexibility index (Phi) is 5.24. The maximum Gasteiger partial charge on any atom is 0.130 e. The fourth-order valence-electron chi connectivity index (χ4n) is 2.21. The van der Waals surface area contributed by atoms with Crippen molar-refractivity contribution in [2.24, 2.45) is 0 Å². The molecule has 0 aromatic heterocycles. The van der Waals surface area contributed by atoms with Crippen LogP contribution in [0, 0.1) is 6.92 Å². The largest absolute Gasteiger partial charge is 0.457 e. The molecule has 1 nitrogen and oxygen atoms in total. The third kappa shape index (κ3) is 3.43. The predicted molar refractivity (Wildman–Crippen MR) is 89.0 cm³/mol. The molecular weight excluding hydrogens is 312 g/mol. The Labute approximate surface area is 130 Å². The number of hydrogen-bond acceptors (Lipinski definition) is 1. The van der Waals surface area contributed by atoms with E-state index in [0.29, 0.717) is 5.92 Å². The van der Waals surface area contributed by atoms with Crippen molar-refractivity contribution in [1.29, 1.82) is 0 Å². The minimum absolute atomic E-state index is 0.508. The van der Waals surface area contributed by atoms with Gasteiger partial charge in [-0.15, -0.1) is 0 Å². The van der Waals surface area contributed by atoms with Gasteiger partial charge in [0.25, 0.3) is 0 Å². The first kappa shape index (κ1) is 15.1. The average molecular weight is 333 g/mol. The molecule has 0 aliphatic heterocycles. The van der Waals surface area contributed by atoms with Gasteiger partial charge in [0, 0.05) is 5.33 Å². The van der Waals surface area contributed by atoms with Crippen molar-refractivity contribution in [3.8, 4) is 11.5 Å². The molecule has 0 spiro atoms. The van der Waals surface area contributed by atoms with Gasteiger partial charge in [-0.3, -0.25) is 0 Å². The van der Waals surface area contributed by atoms with Crippen LogP contribution in [-0.4, -0.2) is 0 Å². The minimum Gasteiger partial charge on any atom is -0.457 e. The molecule has 2 heteroatoms. The molecule has 2 rings (SSSR count). The summed E-state index contributed by atoms with van der Waals surface area (Å²) in [5.41, 5.74) is 3.82. The van der Waals surface area contributed by atoms with Crippen molar-refractivity contribution in [3.63, 3.8) is 0 Å². The van der Waals surface area contributed by atoms with Crippen LogP contribution in [0.2, 0.25) is 0 Å². The Hall–Kier alpha value is -1.28. The van der Waals surface area contributed by atoms with E-state index in [2.05, 4.69) is 67.0 Å². The van der Waals surface area contributed by atoms with Crippen molar-refractivity contribution >= 4 is 15.9 Å². The molecule has 0 heterocycles. The van der Waals surface area contributed by atoms with E-state index in [1.165, 1.54) is 16.7 Å². The lowest BCUT2D eigenvalue weighted by atomic mass is 9.98. The predicted octanol–water partition coefficient (Wildman–Crippen LogP) is 6.20. The Morgan fingerprint density at radius 2 is 1.90 bits per heavy atom. The van der Waals surface area contributed by atoms with Gasteiger partial charge in [-0.1, -0.05) is 54.0 Å². The van der Waals surface area contributed by atoms with E-state index in [4.69, 9.17) is 4.74 Å². The monoisotopic (exact) mass is 332 g/mol. The molecule has 0 saturated carbocycles. The lowest BCUT2D eigenvalue weighted by Gasteiger charge is -2.16. The second-order valence-electron chi connectivity index (χ2n) is 5.17. The molecule has 0 radical (unpaired) electrons. The smallest absolute Gasteiger partial charge is 0.130 e. The van der Waals surface area contributed by atoms with Gasteiger partial charge in [0.05, 0.1) is 0 Å². The summed E-state index contributed by atoms with van der Waals surface area (Å²) >= 11 is 3.50. The molecule has 0 aliphatic rings. The molecule has 106 valence electrons. The van der Waals surface area contributed by atoms with Crippen LogP contribution in [0.15, 0.2) is 42.5 Å². The van der Waals surface area contributed by atoms with Crippen LogP contribution in [0.25, 0.3) is 0 Å². The van der Waals surface area contributed by atoms with Gasteiger partial charge in [0.2, 0.25) is 0 Å². The highest BCUT2D eigenvalue weighted by atomic mass is 79.9. The molecule has 0 fully saturated rings. The first-order valence-corrected chi connectivity index (χ1v) is 8.20. The maximum atomic E-state index is 6.10. The lowest BCUT2D eigenvalue weighted by molar-refractivity contribution is 0.470. The summed E-state index contributed by atoms with van der Waals surface area (Å²) < 4.78 is 6.10. The Bertz CT molecular complexity index is 577. The lowest BCUT2D eigenvalue weighted by Crippen LogP contribution is -1.96. The van der Waals surface area contributed by atoms with Gasteiger partial charge in [-0.2, -0.15) is 0 Å².